The van der Waals surface area contributed by atoms with Gasteiger partial charge in [-0.2, -0.15) is 0 Å². The van der Waals surface area contributed by atoms with E-state index in [0.29, 0.717) is 18.4 Å². The maximum atomic E-state index is 13.0. The molecule has 7 nitrogen and oxygen atoms in total. The van der Waals surface area contributed by atoms with E-state index < -0.39 is 5.97 Å². The number of amides is 1. The van der Waals surface area contributed by atoms with Gasteiger partial charge in [-0.05, 0) is 42.0 Å². The number of carbonyl (C=O) groups excluding carboxylic acids is 1. The van der Waals surface area contributed by atoms with E-state index in [1.54, 1.807) is 12.0 Å². The summed E-state index contributed by atoms with van der Waals surface area (Å²) in [4.78, 5) is 33.4. The van der Waals surface area contributed by atoms with E-state index in [0.717, 1.165) is 29.6 Å². The molecule has 1 amide bonds. The summed E-state index contributed by atoms with van der Waals surface area (Å²) < 4.78 is 5.31. The first-order valence-electron chi connectivity index (χ1n) is 8.44. The zero-order valence-electron chi connectivity index (χ0n) is 15.0. The Kier molecular flexibility index (Phi) is 4.88. The molecule has 0 radical (unpaired) electrons. The SMILES string of the molecule is COc1ccc2c(c1)CC(C(C)C)CN2C(=O)c1cnc(C(=O)O)cn1. The Bertz CT molecular complexity index is 833. The highest BCUT2D eigenvalue weighted by Gasteiger charge is 2.31. The molecule has 0 aliphatic carbocycles. The molecule has 7 heteroatoms. The van der Waals surface area contributed by atoms with Crippen molar-refractivity contribution in [3.63, 3.8) is 0 Å². The van der Waals surface area contributed by atoms with Crippen LogP contribution in [0.1, 0.15) is 40.4 Å². The number of rotatable bonds is 4. The standard InChI is InChI=1S/C19H21N3O4/c1-11(2)13-6-12-7-14(26-3)4-5-17(12)22(10-13)18(23)15-8-21-16(9-20-15)19(24)25/h4-5,7-9,11,13H,6,10H2,1-3H3,(H,24,25). The molecule has 1 atom stereocenters. The normalized spacial score (nSPS) is 16.3. The number of anilines is 1. The minimum Gasteiger partial charge on any atom is -0.497 e. The molecular formula is C19H21N3O4. The van der Waals surface area contributed by atoms with Crippen molar-refractivity contribution in [2.75, 3.05) is 18.6 Å². The molecule has 0 bridgehead atoms. The van der Waals surface area contributed by atoms with Crippen LogP contribution in [0, 0.1) is 11.8 Å². The summed E-state index contributed by atoms with van der Waals surface area (Å²) in [6.07, 6.45) is 3.19. The molecule has 1 N–H and O–H groups in total. The van der Waals surface area contributed by atoms with Gasteiger partial charge in [-0.1, -0.05) is 13.8 Å². The van der Waals surface area contributed by atoms with Gasteiger partial charge in [0.15, 0.2) is 5.69 Å². The van der Waals surface area contributed by atoms with Crippen LogP contribution in [0.4, 0.5) is 5.69 Å². The molecule has 1 aromatic heterocycles. The zero-order chi connectivity index (χ0) is 18.8. The number of aromatic carboxylic acids is 1. The average Bonchev–Trinajstić information content (AvgIpc) is 2.65. The number of methoxy groups -OCH3 is 1. The van der Waals surface area contributed by atoms with Crippen molar-refractivity contribution in [1.82, 2.24) is 9.97 Å². The third-order valence-corrected chi connectivity index (χ3v) is 4.75. The first-order valence-corrected chi connectivity index (χ1v) is 8.44. The molecule has 1 aliphatic heterocycles. The second-order valence-corrected chi connectivity index (χ2v) is 6.71. The molecule has 1 unspecified atom stereocenters. The van der Waals surface area contributed by atoms with Gasteiger partial charge in [0.2, 0.25) is 0 Å². The van der Waals surface area contributed by atoms with Crippen molar-refractivity contribution in [2.45, 2.75) is 20.3 Å². The molecule has 0 saturated heterocycles. The lowest BCUT2D eigenvalue weighted by Gasteiger charge is -2.36. The molecule has 1 aromatic carbocycles. The molecule has 0 saturated carbocycles. The van der Waals surface area contributed by atoms with Gasteiger partial charge in [-0.3, -0.25) is 4.79 Å². The van der Waals surface area contributed by atoms with Crippen molar-refractivity contribution in [3.05, 3.63) is 47.5 Å². The average molecular weight is 355 g/mol. The summed E-state index contributed by atoms with van der Waals surface area (Å²) in [5, 5.41) is 8.93. The van der Waals surface area contributed by atoms with Gasteiger partial charge in [0.05, 0.1) is 19.5 Å². The minimum atomic E-state index is -1.17. The van der Waals surface area contributed by atoms with E-state index in [9.17, 15) is 9.59 Å². The highest BCUT2D eigenvalue weighted by molar-refractivity contribution is 6.05. The van der Waals surface area contributed by atoms with Crippen molar-refractivity contribution in [2.24, 2.45) is 11.8 Å². The van der Waals surface area contributed by atoms with Gasteiger partial charge in [0, 0.05) is 12.2 Å². The second kappa shape index (κ2) is 7.11. The molecule has 1 aliphatic rings. The number of nitrogens with zero attached hydrogens (tertiary/aromatic N) is 3. The first-order chi connectivity index (χ1) is 12.4. The summed E-state index contributed by atoms with van der Waals surface area (Å²) in [6.45, 7) is 4.86. The Morgan fingerprint density at radius 1 is 1.23 bits per heavy atom. The number of fused-ring (bicyclic) bond motifs is 1. The fourth-order valence-electron chi connectivity index (χ4n) is 3.12. The topological polar surface area (TPSA) is 92.6 Å². The minimum absolute atomic E-state index is 0.126. The summed E-state index contributed by atoms with van der Waals surface area (Å²) in [6, 6.07) is 5.67. The fraction of sp³-hybridized carbons (Fsp3) is 0.368. The van der Waals surface area contributed by atoms with E-state index in [-0.39, 0.29) is 17.3 Å². The smallest absolute Gasteiger partial charge is 0.356 e. The fourth-order valence-corrected chi connectivity index (χ4v) is 3.12. The summed E-state index contributed by atoms with van der Waals surface area (Å²) >= 11 is 0. The number of benzene rings is 1. The van der Waals surface area contributed by atoms with Crippen LogP contribution in [0.3, 0.4) is 0 Å². The Balaban J connectivity index is 1.97. The Hall–Kier alpha value is -2.96. The van der Waals surface area contributed by atoms with E-state index in [1.165, 1.54) is 6.20 Å². The molecule has 0 fully saturated rings. The van der Waals surface area contributed by atoms with Gasteiger partial charge >= 0.3 is 5.97 Å². The quantitative estimate of drug-likeness (QED) is 0.906. The van der Waals surface area contributed by atoms with Crippen molar-refractivity contribution < 1.29 is 19.4 Å². The van der Waals surface area contributed by atoms with Crippen LogP contribution in [-0.4, -0.2) is 40.6 Å². The lowest BCUT2D eigenvalue weighted by atomic mass is 9.84. The van der Waals surface area contributed by atoms with E-state index >= 15 is 0 Å². The second-order valence-electron chi connectivity index (χ2n) is 6.71. The maximum Gasteiger partial charge on any atom is 0.356 e. The van der Waals surface area contributed by atoms with Gasteiger partial charge < -0.3 is 14.7 Å². The molecular weight excluding hydrogens is 334 g/mol. The zero-order valence-corrected chi connectivity index (χ0v) is 15.0. The molecule has 2 heterocycles. The number of aromatic nitrogens is 2. The number of carbonyl (C=O) groups is 2. The largest absolute Gasteiger partial charge is 0.497 e. The lowest BCUT2D eigenvalue weighted by molar-refractivity contribution is 0.0689. The van der Waals surface area contributed by atoms with E-state index in [4.69, 9.17) is 9.84 Å². The van der Waals surface area contributed by atoms with Crippen LogP contribution >= 0.6 is 0 Å². The van der Waals surface area contributed by atoms with Crippen molar-refractivity contribution in [1.29, 1.82) is 0 Å². The van der Waals surface area contributed by atoms with Crippen molar-refractivity contribution in [3.8, 4) is 5.75 Å². The predicted octanol–water partition coefficient (Wildman–Crippen LogP) is 2.66. The van der Waals surface area contributed by atoms with Gasteiger partial charge in [0.25, 0.3) is 5.91 Å². The Labute approximate surface area is 151 Å². The highest BCUT2D eigenvalue weighted by Crippen LogP contribution is 2.35. The summed E-state index contributed by atoms with van der Waals surface area (Å²) in [5.41, 5.74) is 1.82. The number of carboxylic acid groups (broad SMARTS) is 1. The maximum absolute atomic E-state index is 13.0. The predicted molar refractivity (Wildman–Crippen MR) is 95.7 cm³/mol. The van der Waals surface area contributed by atoms with Crippen LogP contribution in [-0.2, 0) is 6.42 Å². The van der Waals surface area contributed by atoms with E-state index in [2.05, 4.69) is 23.8 Å². The highest BCUT2D eigenvalue weighted by atomic mass is 16.5. The number of ether oxygens (including phenoxy) is 1. The molecule has 0 spiro atoms. The lowest BCUT2D eigenvalue weighted by Crippen LogP contribution is -2.42. The van der Waals surface area contributed by atoms with Gasteiger partial charge in [0.1, 0.15) is 11.4 Å². The number of hydrogen-bond donors (Lipinski definition) is 1. The molecule has 2 aromatic rings. The molecule has 136 valence electrons. The third kappa shape index (κ3) is 3.37. The Morgan fingerprint density at radius 3 is 2.50 bits per heavy atom. The van der Waals surface area contributed by atoms with Gasteiger partial charge in [-0.25, -0.2) is 14.8 Å². The van der Waals surface area contributed by atoms with E-state index in [1.807, 2.05) is 18.2 Å². The van der Waals surface area contributed by atoms with Crippen LogP contribution in [0.5, 0.6) is 5.75 Å². The first kappa shape index (κ1) is 17.8. The summed E-state index contributed by atoms with van der Waals surface area (Å²) in [5.74, 6) is 0.0130. The van der Waals surface area contributed by atoms with Crippen LogP contribution in [0.15, 0.2) is 30.6 Å². The van der Waals surface area contributed by atoms with Crippen LogP contribution in [0.2, 0.25) is 0 Å². The van der Waals surface area contributed by atoms with Gasteiger partial charge in [-0.15, -0.1) is 0 Å². The molecule has 26 heavy (non-hydrogen) atoms. The monoisotopic (exact) mass is 355 g/mol. The number of carboxylic acids is 1. The molecule has 3 rings (SSSR count). The number of hydrogen-bond acceptors (Lipinski definition) is 5. The Morgan fingerprint density at radius 2 is 1.92 bits per heavy atom. The summed E-state index contributed by atoms with van der Waals surface area (Å²) in [7, 11) is 1.62. The third-order valence-electron chi connectivity index (χ3n) is 4.75. The van der Waals surface area contributed by atoms with Crippen LogP contribution in [0.25, 0.3) is 0 Å². The van der Waals surface area contributed by atoms with Crippen LogP contribution < -0.4 is 9.64 Å². The van der Waals surface area contributed by atoms with Crippen molar-refractivity contribution >= 4 is 17.6 Å².